The molecule has 0 radical (unpaired) electrons. The molecule has 1 aliphatic heterocycles. The van der Waals surface area contributed by atoms with Gasteiger partial charge in [-0.2, -0.15) is 0 Å². The van der Waals surface area contributed by atoms with Crippen molar-refractivity contribution in [2.45, 2.75) is 45.6 Å². The number of nitrogens with zero attached hydrogens (tertiary/aromatic N) is 2. The number of anilines is 1. The molecule has 1 aliphatic rings. The van der Waals surface area contributed by atoms with Gasteiger partial charge in [0.1, 0.15) is 0 Å². The van der Waals surface area contributed by atoms with Gasteiger partial charge in [0.25, 0.3) is 0 Å². The van der Waals surface area contributed by atoms with Crippen LogP contribution in [0.1, 0.15) is 40.0 Å². The number of halogens is 1. The van der Waals surface area contributed by atoms with Crippen LogP contribution in [0.2, 0.25) is 5.02 Å². The summed E-state index contributed by atoms with van der Waals surface area (Å²) in [4.78, 5) is 6.70. The Morgan fingerprint density at radius 1 is 1.45 bits per heavy atom. The lowest BCUT2D eigenvalue weighted by molar-refractivity contribution is 0.333. The van der Waals surface area contributed by atoms with Crippen molar-refractivity contribution in [2.75, 3.05) is 11.4 Å². The Balaban J connectivity index is 2.37. The second kappa shape index (κ2) is 6.04. The molecule has 0 spiro atoms. The predicted molar refractivity (Wildman–Crippen MR) is 87.5 cm³/mol. The van der Waals surface area contributed by atoms with Crippen molar-refractivity contribution >= 4 is 23.2 Å². The second-order valence-corrected chi connectivity index (χ2v) is 6.22. The number of hydrogen-bond acceptors (Lipinski definition) is 3. The van der Waals surface area contributed by atoms with Gasteiger partial charge in [0.15, 0.2) is 5.96 Å². The standard InChI is InChI=1S/C16H24ClN3/c1-4-12(3)10-16(5-2)11-19-15(18)20(16)14-8-6-7-13(17)9-14/h6-9,12H,4-5,10-11H2,1-3H3,(H2,18,19). The van der Waals surface area contributed by atoms with Crippen LogP contribution < -0.4 is 10.6 Å². The Labute approximate surface area is 126 Å². The van der Waals surface area contributed by atoms with E-state index in [0.29, 0.717) is 11.9 Å². The van der Waals surface area contributed by atoms with E-state index in [1.54, 1.807) is 0 Å². The third-order valence-electron chi connectivity index (χ3n) is 4.39. The van der Waals surface area contributed by atoms with Crippen molar-refractivity contribution in [1.82, 2.24) is 0 Å². The molecule has 2 atom stereocenters. The lowest BCUT2D eigenvalue weighted by Crippen LogP contribution is -2.52. The van der Waals surface area contributed by atoms with Crippen molar-refractivity contribution < 1.29 is 0 Å². The van der Waals surface area contributed by atoms with E-state index < -0.39 is 0 Å². The highest BCUT2D eigenvalue weighted by molar-refractivity contribution is 6.31. The molecule has 0 amide bonds. The molecule has 0 aromatic heterocycles. The molecule has 0 saturated carbocycles. The summed E-state index contributed by atoms with van der Waals surface area (Å²) in [6.07, 6.45) is 3.29. The van der Waals surface area contributed by atoms with Gasteiger partial charge in [-0.25, -0.2) is 0 Å². The van der Waals surface area contributed by atoms with E-state index in [-0.39, 0.29) is 5.54 Å². The predicted octanol–water partition coefficient (Wildman–Crippen LogP) is 4.06. The summed E-state index contributed by atoms with van der Waals surface area (Å²) < 4.78 is 0. The Bertz CT molecular complexity index is 500. The highest BCUT2D eigenvalue weighted by atomic mass is 35.5. The van der Waals surface area contributed by atoms with Crippen LogP contribution in [-0.2, 0) is 0 Å². The van der Waals surface area contributed by atoms with Crippen LogP contribution in [0.5, 0.6) is 0 Å². The van der Waals surface area contributed by atoms with Gasteiger partial charge < -0.3 is 10.6 Å². The van der Waals surface area contributed by atoms with Crippen LogP contribution in [0.3, 0.4) is 0 Å². The average molecular weight is 294 g/mol. The van der Waals surface area contributed by atoms with E-state index in [0.717, 1.165) is 30.1 Å². The van der Waals surface area contributed by atoms with Crippen molar-refractivity contribution in [3.8, 4) is 0 Å². The van der Waals surface area contributed by atoms with E-state index in [2.05, 4.69) is 36.7 Å². The van der Waals surface area contributed by atoms with E-state index in [4.69, 9.17) is 17.3 Å². The highest BCUT2D eigenvalue weighted by Crippen LogP contribution is 2.37. The normalized spacial score (nSPS) is 23.8. The SMILES string of the molecule is CCC(C)CC1(CC)CN=C(N)N1c1cccc(Cl)c1. The first kappa shape index (κ1) is 15.2. The fourth-order valence-electron chi connectivity index (χ4n) is 3.00. The Kier molecular flexibility index (Phi) is 4.59. The molecule has 2 unspecified atom stereocenters. The van der Waals surface area contributed by atoms with Crippen molar-refractivity contribution in [3.63, 3.8) is 0 Å². The molecule has 2 N–H and O–H groups in total. The zero-order valence-electron chi connectivity index (χ0n) is 12.6. The van der Waals surface area contributed by atoms with Crippen LogP contribution in [-0.4, -0.2) is 18.0 Å². The number of aliphatic imine (C=N–C) groups is 1. The summed E-state index contributed by atoms with van der Waals surface area (Å²) in [7, 11) is 0. The Morgan fingerprint density at radius 2 is 2.20 bits per heavy atom. The fraction of sp³-hybridized carbons (Fsp3) is 0.562. The van der Waals surface area contributed by atoms with Crippen LogP contribution in [0, 0.1) is 5.92 Å². The molecule has 1 heterocycles. The van der Waals surface area contributed by atoms with Gasteiger partial charge in [0, 0.05) is 10.7 Å². The Morgan fingerprint density at radius 3 is 2.80 bits per heavy atom. The van der Waals surface area contributed by atoms with Gasteiger partial charge >= 0.3 is 0 Å². The van der Waals surface area contributed by atoms with E-state index >= 15 is 0 Å². The summed E-state index contributed by atoms with van der Waals surface area (Å²) in [5.74, 6) is 1.26. The number of rotatable bonds is 5. The third-order valence-corrected chi connectivity index (χ3v) is 4.62. The minimum absolute atomic E-state index is 0.00973. The molecule has 2 rings (SSSR count). The van der Waals surface area contributed by atoms with E-state index in [1.165, 1.54) is 6.42 Å². The van der Waals surface area contributed by atoms with E-state index in [1.807, 2.05) is 18.2 Å². The first-order chi connectivity index (χ1) is 9.52. The minimum atomic E-state index is -0.00973. The summed E-state index contributed by atoms with van der Waals surface area (Å²) in [6.45, 7) is 7.51. The van der Waals surface area contributed by atoms with E-state index in [9.17, 15) is 0 Å². The maximum atomic E-state index is 6.16. The third kappa shape index (κ3) is 2.78. The average Bonchev–Trinajstić information content (AvgIpc) is 2.76. The number of hydrogen-bond donors (Lipinski definition) is 1. The van der Waals surface area contributed by atoms with Gasteiger partial charge in [-0.3, -0.25) is 4.99 Å². The van der Waals surface area contributed by atoms with Crippen molar-refractivity contribution in [3.05, 3.63) is 29.3 Å². The highest BCUT2D eigenvalue weighted by Gasteiger charge is 2.42. The maximum Gasteiger partial charge on any atom is 0.196 e. The molecule has 1 aromatic carbocycles. The molecule has 1 aromatic rings. The molecule has 0 bridgehead atoms. The number of guanidine groups is 1. The van der Waals surface area contributed by atoms with Crippen LogP contribution in [0.4, 0.5) is 5.69 Å². The van der Waals surface area contributed by atoms with Gasteiger partial charge in [0.05, 0.1) is 12.1 Å². The molecule has 110 valence electrons. The molecule has 3 nitrogen and oxygen atoms in total. The maximum absolute atomic E-state index is 6.16. The molecule has 0 saturated heterocycles. The van der Waals surface area contributed by atoms with Crippen molar-refractivity contribution in [2.24, 2.45) is 16.6 Å². The molecule has 4 heteroatoms. The number of nitrogens with two attached hydrogens (primary N) is 1. The van der Waals surface area contributed by atoms with Crippen LogP contribution >= 0.6 is 11.6 Å². The van der Waals surface area contributed by atoms with Crippen LogP contribution in [0.25, 0.3) is 0 Å². The monoisotopic (exact) mass is 293 g/mol. The smallest absolute Gasteiger partial charge is 0.196 e. The van der Waals surface area contributed by atoms with Gasteiger partial charge in [0.2, 0.25) is 0 Å². The summed E-state index contributed by atoms with van der Waals surface area (Å²) in [5.41, 5.74) is 7.20. The Hall–Kier alpha value is -1.22. The summed E-state index contributed by atoms with van der Waals surface area (Å²) in [5, 5.41) is 0.732. The first-order valence-electron chi connectivity index (χ1n) is 7.38. The quantitative estimate of drug-likeness (QED) is 0.889. The zero-order valence-corrected chi connectivity index (χ0v) is 13.3. The lowest BCUT2D eigenvalue weighted by atomic mass is 9.83. The summed E-state index contributed by atoms with van der Waals surface area (Å²) in [6, 6.07) is 7.88. The van der Waals surface area contributed by atoms with Gasteiger partial charge in [-0.1, -0.05) is 44.9 Å². The zero-order chi connectivity index (χ0) is 14.8. The fourth-order valence-corrected chi connectivity index (χ4v) is 3.18. The second-order valence-electron chi connectivity index (χ2n) is 5.79. The topological polar surface area (TPSA) is 41.6 Å². The van der Waals surface area contributed by atoms with Gasteiger partial charge in [-0.05, 0) is 37.0 Å². The lowest BCUT2D eigenvalue weighted by Gasteiger charge is -2.40. The van der Waals surface area contributed by atoms with Gasteiger partial charge in [-0.15, -0.1) is 0 Å². The first-order valence-corrected chi connectivity index (χ1v) is 7.76. The minimum Gasteiger partial charge on any atom is -0.369 e. The van der Waals surface area contributed by atoms with Crippen molar-refractivity contribution in [1.29, 1.82) is 0 Å². The van der Waals surface area contributed by atoms with Crippen LogP contribution in [0.15, 0.2) is 29.3 Å². The molecule has 0 aliphatic carbocycles. The summed E-state index contributed by atoms with van der Waals surface area (Å²) >= 11 is 6.13. The molecule has 20 heavy (non-hydrogen) atoms. The largest absolute Gasteiger partial charge is 0.369 e. The molecular formula is C16H24ClN3. The molecule has 0 fully saturated rings. The number of benzene rings is 1. The molecular weight excluding hydrogens is 270 g/mol.